The van der Waals surface area contributed by atoms with Crippen molar-refractivity contribution in [2.24, 2.45) is 0 Å². The van der Waals surface area contributed by atoms with Crippen LogP contribution in [-0.2, 0) is 9.47 Å². The summed E-state index contributed by atoms with van der Waals surface area (Å²) in [6.07, 6.45) is 1.15. The van der Waals surface area contributed by atoms with Gasteiger partial charge in [-0.05, 0) is 19.1 Å². The van der Waals surface area contributed by atoms with Crippen molar-refractivity contribution in [3.05, 3.63) is 0 Å². The van der Waals surface area contributed by atoms with Crippen LogP contribution >= 0.6 is 12.2 Å². The SMILES string of the molecule is COC(C)CCOC(C)=S. The number of hydrogen-bond donors (Lipinski definition) is 0. The van der Waals surface area contributed by atoms with Gasteiger partial charge < -0.3 is 9.47 Å². The first-order chi connectivity index (χ1) is 4.66. The Morgan fingerprint density at radius 1 is 1.60 bits per heavy atom. The lowest BCUT2D eigenvalue weighted by Gasteiger charge is -2.08. The van der Waals surface area contributed by atoms with E-state index in [1.54, 1.807) is 14.0 Å². The van der Waals surface area contributed by atoms with Gasteiger partial charge in [0.1, 0.15) is 0 Å². The Morgan fingerprint density at radius 3 is 2.60 bits per heavy atom. The molecule has 0 spiro atoms. The summed E-state index contributed by atoms with van der Waals surface area (Å²) in [6.45, 7) is 4.43. The fraction of sp³-hybridized carbons (Fsp3) is 0.857. The predicted octanol–water partition coefficient (Wildman–Crippen LogP) is 1.78. The first-order valence-electron chi connectivity index (χ1n) is 3.33. The minimum atomic E-state index is 0.259. The van der Waals surface area contributed by atoms with E-state index >= 15 is 0 Å². The lowest BCUT2D eigenvalue weighted by molar-refractivity contribution is 0.0943. The standard InChI is InChI=1S/C7H14O2S/c1-6(8-3)4-5-9-7(2)10/h6H,4-5H2,1-3H3. The average Bonchev–Trinajstić information content (AvgIpc) is 1.87. The van der Waals surface area contributed by atoms with E-state index in [9.17, 15) is 0 Å². The molecule has 0 N–H and O–H groups in total. The third-order valence-corrected chi connectivity index (χ3v) is 1.35. The van der Waals surface area contributed by atoms with Gasteiger partial charge in [-0.2, -0.15) is 0 Å². The van der Waals surface area contributed by atoms with Crippen LogP contribution in [0.1, 0.15) is 20.3 Å². The quantitative estimate of drug-likeness (QED) is 0.587. The number of thiocarbonyl (C=S) groups is 1. The summed E-state index contributed by atoms with van der Waals surface area (Å²) in [6, 6.07) is 0. The molecule has 0 bridgehead atoms. The van der Waals surface area contributed by atoms with Crippen LogP contribution in [0.2, 0.25) is 0 Å². The zero-order valence-electron chi connectivity index (χ0n) is 6.72. The monoisotopic (exact) mass is 162 g/mol. The Morgan fingerprint density at radius 2 is 2.20 bits per heavy atom. The van der Waals surface area contributed by atoms with Crippen LogP contribution in [0.5, 0.6) is 0 Å². The maximum atomic E-state index is 5.07. The molecule has 3 heteroatoms. The van der Waals surface area contributed by atoms with E-state index in [0.29, 0.717) is 11.7 Å². The van der Waals surface area contributed by atoms with Crippen LogP contribution in [0, 0.1) is 0 Å². The number of hydrogen-bond acceptors (Lipinski definition) is 3. The van der Waals surface area contributed by atoms with Crippen LogP contribution in [0.15, 0.2) is 0 Å². The normalized spacial score (nSPS) is 12.7. The summed E-state index contributed by atoms with van der Waals surface area (Å²) in [5, 5.41) is 0.600. The number of rotatable bonds is 4. The van der Waals surface area contributed by atoms with E-state index in [1.165, 1.54) is 0 Å². The smallest absolute Gasteiger partial charge is 0.156 e. The van der Waals surface area contributed by atoms with Gasteiger partial charge in [0.15, 0.2) is 5.05 Å². The highest BCUT2D eigenvalue weighted by molar-refractivity contribution is 7.80. The molecule has 0 aliphatic carbocycles. The van der Waals surface area contributed by atoms with E-state index < -0.39 is 0 Å². The van der Waals surface area contributed by atoms with Gasteiger partial charge in [-0.25, -0.2) is 0 Å². The molecule has 0 amide bonds. The maximum absolute atomic E-state index is 5.07. The van der Waals surface area contributed by atoms with Crippen LogP contribution in [0.4, 0.5) is 0 Å². The first kappa shape index (κ1) is 9.85. The van der Waals surface area contributed by atoms with Crippen molar-refractivity contribution in [1.82, 2.24) is 0 Å². The highest BCUT2D eigenvalue weighted by atomic mass is 32.1. The molecule has 1 atom stereocenters. The lowest BCUT2D eigenvalue weighted by Crippen LogP contribution is -2.09. The minimum Gasteiger partial charge on any atom is -0.487 e. The molecule has 2 nitrogen and oxygen atoms in total. The summed E-state index contributed by atoms with van der Waals surface area (Å²) >= 11 is 4.72. The summed E-state index contributed by atoms with van der Waals surface area (Å²) in [5.74, 6) is 0. The molecule has 0 heterocycles. The molecule has 10 heavy (non-hydrogen) atoms. The van der Waals surface area contributed by atoms with Gasteiger partial charge in [-0.3, -0.25) is 0 Å². The van der Waals surface area contributed by atoms with Crippen molar-refractivity contribution in [3.63, 3.8) is 0 Å². The zero-order chi connectivity index (χ0) is 7.98. The summed E-state index contributed by atoms with van der Waals surface area (Å²) < 4.78 is 10.1. The van der Waals surface area contributed by atoms with Crippen LogP contribution in [0.25, 0.3) is 0 Å². The van der Waals surface area contributed by atoms with Gasteiger partial charge in [0.05, 0.1) is 12.7 Å². The van der Waals surface area contributed by atoms with E-state index in [-0.39, 0.29) is 6.10 Å². The Kier molecular flexibility index (Phi) is 5.54. The molecule has 0 aliphatic rings. The van der Waals surface area contributed by atoms with Gasteiger partial charge in [-0.1, -0.05) is 0 Å². The van der Waals surface area contributed by atoms with Crippen molar-refractivity contribution in [1.29, 1.82) is 0 Å². The Balaban J connectivity index is 3.11. The number of methoxy groups -OCH3 is 1. The van der Waals surface area contributed by atoms with Crippen molar-refractivity contribution in [2.75, 3.05) is 13.7 Å². The molecule has 0 fully saturated rings. The maximum Gasteiger partial charge on any atom is 0.156 e. The molecule has 0 aliphatic heterocycles. The molecule has 60 valence electrons. The lowest BCUT2D eigenvalue weighted by atomic mass is 10.3. The highest BCUT2D eigenvalue weighted by Crippen LogP contribution is 1.95. The highest BCUT2D eigenvalue weighted by Gasteiger charge is 1.98. The van der Waals surface area contributed by atoms with Crippen molar-refractivity contribution < 1.29 is 9.47 Å². The number of ether oxygens (including phenoxy) is 2. The molecule has 0 radical (unpaired) electrons. The third kappa shape index (κ3) is 5.98. The molecular formula is C7H14O2S. The molecule has 0 aromatic heterocycles. The Hall–Kier alpha value is -0.150. The minimum absolute atomic E-state index is 0.259. The average molecular weight is 162 g/mol. The second-order valence-electron chi connectivity index (χ2n) is 2.18. The first-order valence-corrected chi connectivity index (χ1v) is 3.73. The molecule has 0 saturated carbocycles. The van der Waals surface area contributed by atoms with E-state index in [2.05, 4.69) is 0 Å². The van der Waals surface area contributed by atoms with Gasteiger partial charge in [0.2, 0.25) is 0 Å². The largest absolute Gasteiger partial charge is 0.487 e. The molecule has 0 saturated heterocycles. The van der Waals surface area contributed by atoms with E-state index in [1.807, 2.05) is 6.92 Å². The van der Waals surface area contributed by atoms with Gasteiger partial charge >= 0.3 is 0 Å². The van der Waals surface area contributed by atoms with E-state index in [4.69, 9.17) is 21.7 Å². The molecule has 0 aromatic carbocycles. The summed E-state index contributed by atoms with van der Waals surface area (Å²) in [7, 11) is 1.69. The van der Waals surface area contributed by atoms with Crippen LogP contribution in [0.3, 0.4) is 0 Å². The predicted molar refractivity (Wildman–Crippen MR) is 45.3 cm³/mol. The van der Waals surface area contributed by atoms with E-state index in [0.717, 1.165) is 6.42 Å². The topological polar surface area (TPSA) is 18.5 Å². The van der Waals surface area contributed by atoms with Crippen molar-refractivity contribution in [2.45, 2.75) is 26.4 Å². The van der Waals surface area contributed by atoms with Gasteiger partial charge in [0, 0.05) is 20.5 Å². The second-order valence-corrected chi connectivity index (χ2v) is 2.75. The molecular weight excluding hydrogens is 148 g/mol. The van der Waals surface area contributed by atoms with Gasteiger partial charge in [-0.15, -0.1) is 0 Å². The fourth-order valence-corrected chi connectivity index (χ4v) is 0.570. The molecule has 0 rings (SSSR count). The van der Waals surface area contributed by atoms with Crippen LogP contribution in [-0.4, -0.2) is 24.9 Å². The zero-order valence-corrected chi connectivity index (χ0v) is 7.53. The Bertz CT molecular complexity index is 104. The Labute approximate surface area is 67.5 Å². The summed E-state index contributed by atoms with van der Waals surface area (Å²) in [4.78, 5) is 0. The fourth-order valence-electron chi connectivity index (χ4n) is 0.486. The summed E-state index contributed by atoms with van der Waals surface area (Å²) in [5.41, 5.74) is 0. The van der Waals surface area contributed by atoms with Gasteiger partial charge in [0.25, 0.3) is 0 Å². The van der Waals surface area contributed by atoms with Crippen molar-refractivity contribution >= 4 is 17.3 Å². The van der Waals surface area contributed by atoms with Crippen LogP contribution < -0.4 is 0 Å². The second kappa shape index (κ2) is 5.62. The molecule has 1 unspecified atom stereocenters. The van der Waals surface area contributed by atoms with Crippen molar-refractivity contribution in [3.8, 4) is 0 Å². The molecule has 0 aromatic rings. The third-order valence-electron chi connectivity index (χ3n) is 1.23.